The molecule has 2 aromatic carbocycles. The molecular weight excluding hydrogens is 609 g/mol. The number of hydrogen-bond acceptors (Lipinski definition) is 3. The summed E-state index contributed by atoms with van der Waals surface area (Å²) in [6.45, 7) is 14.9. The molecule has 0 radical (unpaired) electrons. The molecule has 1 N–H and O–H groups in total. The number of likely N-dealkylation sites (tertiary alicyclic amines) is 1. The van der Waals surface area contributed by atoms with E-state index in [1.807, 2.05) is 12.1 Å². The van der Waals surface area contributed by atoms with E-state index >= 15 is 4.39 Å². The van der Waals surface area contributed by atoms with Crippen molar-refractivity contribution in [1.82, 2.24) is 14.8 Å². The number of H-pyrrole nitrogens is 1. The highest BCUT2D eigenvalue weighted by atomic mass is 79.9. The quantitative estimate of drug-likeness (QED) is 0.272. The number of aromatic amines is 1. The van der Waals surface area contributed by atoms with Crippen LogP contribution in [0, 0.1) is 11.7 Å². The Labute approximate surface area is 259 Å². The van der Waals surface area contributed by atoms with Crippen LogP contribution in [0.15, 0.2) is 46.9 Å². The summed E-state index contributed by atoms with van der Waals surface area (Å²) in [5.41, 5.74) is 4.28. The Bertz CT molecular complexity index is 1470. The fraction of sp³-hybridized carbons (Fsp3) is 0.559. The number of nitrogens with zero attached hydrogens (tertiary/aromatic N) is 2. The van der Waals surface area contributed by atoms with E-state index in [4.69, 9.17) is 4.43 Å². The Morgan fingerprint density at radius 2 is 1.86 bits per heavy atom. The number of hydrogen-bond donors (Lipinski definition) is 1. The van der Waals surface area contributed by atoms with Crippen LogP contribution in [-0.2, 0) is 21.2 Å². The molecule has 0 bridgehead atoms. The van der Waals surface area contributed by atoms with Crippen LogP contribution in [0.1, 0.15) is 75.7 Å². The lowest BCUT2D eigenvalue weighted by atomic mass is 9.68. The van der Waals surface area contributed by atoms with E-state index in [1.165, 1.54) is 23.1 Å². The second-order valence-corrected chi connectivity index (χ2v) is 20.1. The normalized spacial score (nSPS) is 21.5. The molecule has 3 aliphatic rings. The lowest BCUT2D eigenvalue weighted by Gasteiger charge is -2.51. The molecule has 42 heavy (non-hydrogen) atoms. The van der Waals surface area contributed by atoms with Gasteiger partial charge in [0, 0.05) is 64.1 Å². The van der Waals surface area contributed by atoms with Crippen LogP contribution in [0.3, 0.4) is 0 Å². The second kappa shape index (κ2) is 11.2. The van der Waals surface area contributed by atoms with Crippen molar-refractivity contribution in [2.75, 3.05) is 26.2 Å². The Hall–Kier alpha value is -2.00. The van der Waals surface area contributed by atoms with Gasteiger partial charge in [-0.05, 0) is 67.6 Å². The molecule has 5 nitrogen and oxygen atoms in total. The van der Waals surface area contributed by atoms with Crippen LogP contribution in [0.5, 0.6) is 0 Å². The smallest absolute Gasteiger partial charge is 0.225 e. The lowest BCUT2D eigenvalue weighted by Crippen LogP contribution is -2.55. The minimum atomic E-state index is -2.04. The largest absolute Gasteiger partial charge is 0.415 e. The summed E-state index contributed by atoms with van der Waals surface area (Å²) in [6, 6.07) is 13.7. The van der Waals surface area contributed by atoms with Crippen molar-refractivity contribution >= 4 is 41.1 Å². The zero-order valence-corrected chi connectivity index (χ0v) is 28.3. The van der Waals surface area contributed by atoms with Crippen LogP contribution in [0.2, 0.25) is 18.1 Å². The van der Waals surface area contributed by atoms with Crippen molar-refractivity contribution in [3.63, 3.8) is 0 Å². The Kier molecular flexibility index (Phi) is 7.99. The molecule has 1 saturated heterocycles. The van der Waals surface area contributed by atoms with Crippen LogP contribution < -0.4 is 0 Å². The number of rotatable bonds is 6. The number of amides is 1. The van der Waals surface area contributed by atoms with E-state index in [0.29, 0.717) is 24.6 Å². The van der Waals surface area contributed by atoms with Gasteiger partial charge in [-0.25, -0.2) is 4.39 Å². The van der Waals surface area contributed by atoms with Crippen LogP contribution in [-0.4, -0.2) is 55.2 Å². The Morgan fingerprint density at radius 1 is 1.14 bits per heavy atom. The molecule has 1 unspecified atom stereocenters. The minimum absolute atomic E-state index is 0.0276. The summed E-state index contributed by atoms with van der Waals surface area (Å²) < 4.78 is 23.0. The second-order valence-electron chi connectivity index (χ2n) is 14.4. The SMILES string of the molecule is CC(C)(C)[Si](C)(C)OCC1c2[nH]c3cc(Br)ccc3c2C2(CCN(C(=O)C3CCC3)CC2)CN1Cc1ccccc1F. The lowest BCUT2D eigenvalue weighted by molar-refractivity contribution is -0.140. The van der Waals surface area contributed by atoms with Crippen molar-refractivity contribution in [3.8, 4) is 0 Å². The first-order valence-electron chi connectivity index (χ1n) is 15.6. The number of piperidine rings is 1. The number of aromatic nitrogens is 1. The summed E-state index contributed by atoms with van der Waals surface area (Å²) in [7, 11) is -2.04. The van der Waals surface area contributed by atoms with Gasteiger partial charge in [0.2, 0.25) is 5.91 Å². The first-order valence-corrected chi connectivity index (χ1v) is 19.3. The summed E-state index contributed by atoms with van der Waals surface area (Å²) >= 11 is 3.69. The minimum Gasteiger partial charge on any atom is -0.415 e. The van der Waals surface area contributed by atoms with E-state index < -0.39 is 8.32 Å². The summed E-state index contributed by atoms with van der Waals surface area (Å²) in [4.78, 5) is 21.6. The first-order chi connectivity index (χ1) is 19.9. The van der Waals surface area contributed by atoms with Crippen LogP contribution in [0.4, 0.5) is 4.39 Å². The molecule has 1 aliphatic carbocycles. The predicted octanol–water partition coefficient (Wildman–Crippen LogP) is 8.31. The topological polar surface area (TPSA) is 48.6 Å². The summed E-state index contributed by atoms with van der Waals surface area (Å²) in [5.74, 6) is 0.405. The third-order valence-electron chi connectivity index (χ3n) is 10.8. The average Bonchev–Trinajstić information content (AvgIpc) is 3.28. The summed E-state index contributed by atoms with van der Waals surface area (Å²) in [5, 5.41) is 1.35. The maximum Gasteiger partial charge on any atom is 0.225 e. The molecule has 1 saturated carbocycles. The van der Waals surface area contributed by atoms with Crippen molar-refractivity contribution in [1.29, 1.82) is 0 Å². The molecule has 3 aromatic rings. The van der Waals surface area contributed by atoms with Gasteiger partial charge in [0.15, 0.2) is 8.32 Å². The number of carbonyl (C=O) groups excluding carboxylic acids is 1. The van der Waals surface area contributed by atoms with Crippen molar-refractivity contribution in [3.05, 3.63) is 69.6 Å². The number of nitrogens with one attached hydrogen (secondary N) is 1. The standard InChI is InChI=1S/C34H45BrFN3O2Si/c1-33(2,3)42(4,5)41-21-29-31-30(26-14-13-25(35)19-28(26)37-31)34(22-39(29)20-24-9-6-7-12-27(24)36)15-17-38(18-16-34)32(40)23-10-8-11-23/h6-7,9,12-14,19,23,29,37H,8,10-11,15-18,20-22H2,1-5H3. The monoisotopic (exact) mass is 653 g/mol. The van der Waals surface area contributed by atoms with Gasteiger partial charge >= 0.3 is 0 Å². The van der Waals surface area contributed by atoms with Crippen LogP contribution in [0.25, 0.3) is 10.9 Å². The Morgan fingerprint density at radius 3 is 2.50 bits per heavy atom. The predicted molar refractivity (Wildman–Crippen MR) is 174 cm³/mol. The molecule has 2 fully saturated rings. The highest BCUT2D eigenvalue weighted by molar-refractivity contribution is 9.10. The molecule has 3 heterocycles. The van der Waals surface area contributed by atoms with Gasteiger partial charge in [0.1, 0.15) is 5.82 Å². The molecule has 8 heteroatoms. The number of carbonyl (C=O) groups is 1. The molecule has 1 atom stereocenters. The fourth-order valence-electron chi connectivity index (χ4n) is 6.95. The van der Waals surface area contributed by atoms with E-state index in [1.54, 1.807) is 12.1 Å². The summed E-state index contributed by atoms with van der Waals surface area (Å²) in [6.07, 6.45) is 5.06. The molecule has 1 spiro atoms. The first kappa shape index (κ1) is 30.0. The third-order valence-corrected chi connectivity index (χ3v) is 15.8. The molecular formula is C34H45BrFN3O2Si. The van der Waals surface area contributed by atoms with Crippen molar-refractivity contribution in [2.24, 2.45) is 5.92 Å². The number of fused-ring (bicyclic) bond motifs is 4. The number of benzene rings is 2. The van der Waals surface area contributed by atoms with E-state index in [0.717, 1.165) is 55.3 Å². The van der Waals surface area contributed by atoms with Gasteiger partial charge in [0.25, 0.3) is 0 Å². The van der Waals surface area contributed by atoms with Gasteiger partial charge in [-0.1, -0.05) is 67.4 Å². The Balaban J connectivity index is 1.42. The van der Waals surface area contributed by atoms with Gasteiger partial charge in [-0.15, -0.1) is 0 Å². The highest BCUT2D eigenvalue weighted by Crippen LogP contribution is 2.50. The van der Waals surface area contributed by atoms with Crippen molar-refractivity contribution in [2.45, 2.75) is 89.0 Å². The number of halogens is 2. The maximum atomic E-state index is 15.1. The highest BCUT2D eigenvalue weighted by Gasteiger charge is 2.49. The molecule has 2 aliphatic heterocycles. The molecule has 6 rings (SSSR count). The molecule has 226 valence electrons. The van der Waals surface area contributed by atoms with E-state index in [2.05, 4.69) is 82.8 Å². The zero-order chi connectivity index (χ0) is 29.9. The third kappa shape index (κ3) is 5.42. The fourth-order valence-corrected chi connectivity index (χ4v) is 8.32. The van der Waals surface area contributed by atoms with Crippen LogP contribution >= 0.6 is 15.9 Å². The van der Waals surface area contributed by atoms with Gasteiger partial charge in [0.05, 0.1) is 12.6 Å². The molecule has 1 amide bonds. The zero-order valence-electron chi connectivity index (χ0n) is 25.7. The van der Waals surface area contributed by atoms with Crippen molar-refractivity contribution < 1.29 is 13.6 Å². The van der Waals surface area contributed by atoms with E-state index in [9.17, 15) is 4.79 Å². The average molecular weight is 655 g/mol. The maximum absolute atomic E-state index is 15.1. The van der Waals surface area contributed by atoms with E-state index in [-0.39, 0.29) is 28.2 Å². The molecule has 1 aromatic heterocycles. The van der Waals surface area contributed by atoms with Gasteiger partial charge in [-0.3, -0.25) is 9.69 Å². The van der Waals surface area contributed by atoms with Gasteiger partial charge in [-0.2, -0.15) is 0 Å². The van der Waals surface area contributed by atoms with Gasteiger partial charge < -0.3 is 14.3 Å².